The molecule has 0 bridgehead atoms. The van der Waals surface area contributed by atoms with Crippen LogP contribution in [-0.2, 0) is 0 Å². The first kappa shape index (κ1) is 20.4. The van der Waals surface area contributed by atoms with E-state index in [1.54, 1.807) is 12.1 Å². The summed E-state index contributed by atoms with van der Waals surface area (Å²) in [5.74, 6) is -0.242. The number of nitrogens with zero attached hydrogens (tertiary/aromatic N) is 2. The third kappa shape index (κ3) is 5.33. The molecule has 1 aromatic carbocycles. The Hall–Kier alpha value is -2.38. The zero-order valence-corrected chi connectivity index (χ0v) is 17.3. The average Bonchev–Trinajstić information content (AvgIpc) is 3.38. The van der Waals surface area contributed by atoms with Crippen molar-refractivity contribution in [3.8, 4) is 0 Å². The molecule has 2 N–H and O–H groups in total. The summed E-state index contributed by atoms with van der Waals surface area (Å²) in [4.78, 5) is 30.2. The lowest BCUT2D eigenvalue weighted by molar-refractivity contribution is 0.0951. The van der Waals surface area contributed by atoms with Crippen molar-refractivity contribution in [2.75, 3.05) is 50.5 Å². The van der Waals surface area contributed by atoms with Crippen LogP contribution < -0.4 is 15.5 Å². The van der Waals surface area contributed by atoms with Gasteiger partial charge in [0.1, 0.15) is 0 Å². The molecule has 0 atom stereocenters. The van der Waals surface area contributed by atoms with Gasteiger partial charge in [-0.25, -0.2) is 0 Å². The normalized spacial score (nSPS) is 13.8. The molecule has 0 saturated carbocycles. The van der Waals surface area contributed by atoms with Crippen molar-refractivity contribution in [2.45, 2.75) is 19.3 Å². The van der Waals surface area contributed by atoms with Crippen molar-refractivity contribution in [3.05, 3.63) is 46.2 Å². The summed E-state index contributed by atoms with van der Waals surface area (Å²) in [6.45, 7) is 3.47. The molecule has 150 valence electrons. The van der Waals surface area contributed by atoms with E-state index in [-0.39, 0.29) is 11.8 Å². The summed E-state index contributed by atoms with van der Waals surface area (Å²) < 4.78 is 0. The lowest BCUT2D eigenvalue weighted by atomic mass is 10.1. The highest BCUT2D eigenvalue weighted by molar-refractivity contribution is 7.12. The molecule has 2 heterocycles. The molecule has 1 aliphatic heterocycles. The van der Waals surface area contributed by atoms with Crippen molar-refractivity contribution in [1.29, 1.82) is 0 Å². The molecule has 3 rings (SSSR count). The predicted octanol–water partition coefficient (Wildman–Crippen LogP) is 3.28. The molecular weight excluding hydrogens is 372 g/mol. The third-order valence-electron chi connectivity index (χ3n) is 4.76. The third-order valence-corrected chi connectivity index (χ3v) is 5.63. The van der Waals surface area contributed by atoms with Crippen molar-refractivity contribution in [3.63, 3.8) is 0 Å². The van der Waals surface area contributed by atoms with Crippen molar-refractivity contribution < 1.29 is 9.59 Å². The van der Waals surface area contributed by atoms with Gasteiger partial charge in [0, 0.05) is 31.0 Å². The van der Waals surface area contributed by atoms with Crippen molar-refractivity contribution in [2.24, 2.45) is 0 Å². The van der Waals surface area contributed by atoms with Crippen LogP contribution in [0.25, 0.3) is 0 Å². The van der Waals surface area contributed by atoms with E-state index in [1.165, 1.54) is 11.3 Å². The standard InChI is InChI=1S/C21H28N4O2S/c1-24(2)11-6-10-22-20(26)17-15-16(23-21(27)19-7-5-14-28-19)8-9-18(17)25-12-3-4-13-25/h5,7-9,14-15H,3-4,6,10-13H2,1-2H3,(H,22,26)(H,23,27). The Morgan fingerprint density at radius 3 is 2.61 bits per heavy atom. The summed E-state index contributed by atoms with van der Waals surface area (Å²) in [7, 11) is 4.04. The molecule has 0 radical (unpaired) electrons. The van der Waals surface area contributed by atoms with Gasteiger partial charge in [0.25, 0.3) is 11.8 Å². The van der Waals surface area contributed by atoms with E-state index in [1.807, 2.05) is 37.7 Å². The minimum absolute atomic E-state index is 0.0899. The van der Waals surface area contributed by atoms with Crippen molar-refractivity contribution >= 4 is 34.5 Å². The van der Waals surface area contributed by atoms with Crippen LogP contribution in [0, 0.1) is 0 Å². The molecule has 2 amide bonds. The van der Waals surface area contributed by atoms with E-state index in [4.69, 9.17) is 0 Å². The van der Waals surface area contributed by atoms with Gasteiger partial charge in [0.05, 0.1) is 10.4 Å². The summed E-state index contributed by atoms with van der Waals surface area (Å²) >= 11 is 1.40. The van der Waals surface area contributed by atoms with Crippen LogP contribution >= 0.6 is 11.3 Å². The lowest BCUT2D eigenvalue weighted by Crippen LogP contribution is -2.29. The largest absolute Gasteiger partial charge is 0.371 e. The molecule has 6 nitrogen and oxygen atoms in total. The number of carbonyl (C=O) groups excluding carboxylic acids is 2. The fourth-order valence-corrected chi connectivity index (χ4v) is 3.94. The minimum atomic E-state index is -0.152. The topological polar surface area (TPSA) is 64.7 Å². The zero-order valence-electron chi connectivity index (χ0n) is 16.5. The molecule has 28 heavy (non-hydrogen) atoms. The zero-order chi connectivity index (χ0) is 19.9. The highest BCUT2D eigenvalue weighted by Gasteiger charge is 2.20. The smallest absolute Gasteiger partial charge is 0.265 e. The highest BCUT2D eigenvalue weighted by Crippen LogP contribution is 2.28. The van der Waals surface area contributed by atoms with E-state index < -0.39 is 0 Å². The molecule has 0 aliphatic carbocycles. The van der Waals surface area contributed by atoms with Gasteiger partial charge in [-0.05, 0) is 69.5 Å². The monoisotopic (exact) mass is 400 g/mol. The van der Waals surface area contributed by atoms with Crippen LogP contribution in [0.2, 0.25) is 0 Å². The summed E-state index contributed by atoms with van der Waals surface area (Å²) in [5.41, 5.74) is 2.20. The first-order chi connectivity index (χ1) is 13.5. The molecule has 1 aliphatic rings. The molecule has 0 unspecified atom stereocenters. The average molecular weight is 401 g/mol. The first-order valence-electron chi connectivity index (χ1n) is 9.71. The van der Waals surface area contributed by atoms with E-state index in [9.17, 15) is 9.59 Å². The van der Waals surface area contributed by atoms with Crippen LogP contribution in [-0.4, -0.2) is 57.0 Å². The maximum absolute atomic E-state index is 12.9. The SMILES string of the molecule is CN(C)CCCNC(=O)c1cc(NC(=O)c2cccs2)ccc1N1CCCC1. The molecule has 1 fully saturated rings. The molecule has 7 heteroatoms. The molecule has 2 aromatic rings. The van der Waals surface area contributed by atoms with E-state index in [2.05, 4.69) is 20.4 Å². The molecule has 1 aromatic heterocycles. The van der Waals surface area contributed by atoms with Gasteiger partial charge in [-0.3, -0.25) is 9.59 Å². The van der Waals surface area contributed by atoms with E-state index in [0.717, 1.165) is 44.6 Å². The van der Waals surface area contributed by atoms with Crippen LogP contribution in [0.15, 0.2) is 35.7 Å². The van der Waals surface area contributed by atoms with Crippen molar-refractivity contribution in [1.82, 2.24) is 10.2 Å². The molecular formula is C21H28N4O2S. The second-order valence-corrected chi connectivity index (χ2v) is 8.22. The van der Waals surface area contributed by atoms with Gasteiger partial charge in [-0.15, -0.1) is 11.3 Å². The fraction of sp³-hybridized carbons (Fsp3) is 0.429. The number of rotatable bonds is 8. The number of benzene rings is 1. The second-order valence-electron chi connectivity index (χ2n) is 7.27. The number of hydrogen-bond donors (Lipinski definition) is 2. The van der Waals surface area contributed by atoms with Crippen LogP contribution in [0.3, 0.4) is 0 Å². The maximum Gasteiger partial charge on any atom is 0.265 e. The van der Waals surface area contributed by atoms with Gasteiger partial charge in [-0.1, -0.05) is 6.07 Å². The predicted molar refractivity (Wildman–Crippen MR) is 116 cm³/mol. The number of carbonyl (C=O) groups is 2. The molecule has 1 saturated heterocycles. The van der Waals surface area contributed by atoms with Crippen LogP contribution in [0.4, 0.5) is 11.4 Å². The van der Waals surface area contributed by atoms with E-state index in [0.29, 0.717) is 22.7 Å². The van der Waals surface area contributed by atoms with E-state index >= 15 is 0 Å². The Balaban J connectivity index is 1.75. The Morgan fingerprint density at radius 2 is 1.93 bits per heavy atom. The Kier molecular flexibility index (Phi) is 7.06. The number of amides is 2. The van der Waals surface area contributed by atoms with Gasteiger partial charge >= 0.3 is 0 Å². The van der Waals surface area contributed by atoms with Gasteiger partial charge in [0.15, 0.2) is 0 Å². The summed E-state index contributed by atoms with van der Waals surface area (Å²) in [6.07, 6.45) is 3.17. The summed E-state index contributed by atoms with van der Waals surface area (Å²) in [6, 6.07) is 9.26. The quantitative estimate of drug-likeness (QED) is 0.668. The lowest BCUT2D eigenvalue weighted by Gasteiger charge is -2.22. The number of hydrogen-bond acceptors (Lipinski definition) is 5. The van der Waals surface area contributed by atoms with Gasteiger partial charge < -0.3 is 20.4 Å². The van der Waals surface area contributed by atoms with Gasteiger partial charge in [-0.2, -0.15) is 0 Å². The Morgan fingerprint density at radius 1 is 1.14 bits per heavy atom. The van der Waals surface area contributed by atoms with Crippen LogP contribution in [0.1, 0.15) is 39.3 Å². The fourth-order valence-electron chi connectivity index (χ4n) is 3.32. The number of anilines is 2. The minimum Gasteiger partial charge on any atom is -0.371 e. The molecule has 0 spiro atoms. The maximum atomic E-state index is 12.9. The Labute approximate surface area is 170 Å². The first-order valence-corrected chi connectivity index (χ1v) is 10.6. The van der Waals surface area contributed by atoms with Gasteiger partial charge in [0.2, 0.25) is 0 Å². The summed E-state index contributed by atoms with van der Waals surface area (Å²) in [5, 5.41) is 7.80. The second kappa shape index (κ2) is 9.71. The highest BCUT2D eigenvalue weighted by atomic mass is 32.1. The number of thiophene rings is 1. The number of nitrogens with one attached hydrogen (secondary N) is 2. The van der Waals surface area contributed by atoms with Crippen LogP contribution in [0.5, 0.6) is 0 Å². The Bertz CT molecular complexity index is 799.